The average Bonchev–Trinajstić information content (AvgIpc) is 2.42. The average molecular weight is 278 g/mol. The number of nitrogens with one attached hydrogen (secondary N) is 1. The van der Waals surface area contributed by atoms with Crippen LogP contribution in [0.5, 0.6) is 0 Å². The van der Waals surface area contributed by atoms with Crippen molar-refractivity contribution in [2.24, 2.45) is 0 Å². The molecule has 1 aromatic carbocycles. The molecule has 1 atom stereocenters. The van der Waals surface area contributed by atoms with Crippen LogP contribution in [0, 0.1) is 6.92 Å². The summed E-state index contributed by atoms with van der Waals surface area (Å²) in [5, 5.41) is 3.46. The van der Waals surface area contributed by atoms with E-state index in [1.165, 1.54) is 7.11 Å². The fourth-order valence-corrected chi connectivity index (χ4v) is 2.53. The molecule has 20 heavy (non-hydrogen) atoms. The van der Waals surface area contributed by atoms with Crippen LogP contribution in [0.15, 0.2) is 12.1 Å². The summed E-state index contributed by atoms with van der Waals surface area (Å²) in [4.78, 5) is 11.8. The van der Waals surface area contributed by atoms with Crippen molar-refractivity contribution in [3.63, 3.8) is 0 Å². The Labute approximate surface area is 119 Å². The van der Waals surface area contributed by atoms with E-state index < -0.39 is 5.97 Å². The number of carbonyl (C=O) groups excluding carboxylic acids is 1. The molecule has 1 aromatic rings. The lowest BCUT2D eigenvalue weighted by molar-refractivity contribution is 0.0540. The van der Waals surface area contributed by atoms with Gasteiger partial charge in [-0.15, -0.1) is 0 Å². The van der Waals surface area contributed by atoms with Gasteiger partial charge in [-0.05, 0) is 44.4 Å². The third-order valence-corrected chi connectivity index (χ3v) is 3.68. The summed E-state index contributed by atoms with van der Waals surface area (Å²) in [5.41, 5.74) is 8.41. The highest BCUT2D eigenvalue weighted by Gasteiger charge is 2.28. The molecule has 3 N–H and O–H groups in total. The van der Waals surface area contributed by atoms with Gasteiger partial charge in [0.2, 0.25) is 0 Å². The van der Waals surface area contributed by atoms with E-state index in [2.05, 4.69) is 12.2 Å². The number of ether oxygens (including phenoxy) is 2. The summed E-state index contributed by atoms with van der Waals surface area (Å²) in [7, 11) is 1.35. The Hall–Kier alpha value is -1.75. The number of rotatable bonds is 3. The van der Waals surface area contributed by atoms with Crippen LogP contribution < -0.4 is 11.1 Å². The molecule has 0 aromatic heterocycles. The monoisotopic (exact) mass is 278 g/mol. The van der Waals surface area contributed by atoms with Gasteiger partial charge in [0, 0.05) is 18.0 Å². The molecule has 1 saturated heterocycles. The highest BCUT2D eigenvalue weighted by atomic mass is 16.5. The predicted molar refractivity (Wildman–Crippen MR) is 79.0 cm³/mol. The molecule has 0 radical (unpaired) electrons. The van der Waals surface area contributed by atoms with Gasteiger partial charge >= 0.3 is 5.97 Å². The highest BCUT2D eigenvalue weighted by molar-refractivity contribution is 5.97. The van der Waals surface area contributed by atoms with Crippen LogP contribution in [0.2, 0.25) is 0 Å². The van der Waals surface area contributed by atoms with Gasteiger partial charge in [-0.3, -0.25) is 0 Å². The zero-order valence-electron chi connectivity index (χ0n) is 12.3. The smallest absolute Gasteiger partial charge is 0.340 e. The summed E-state index contributed by atoms with van der Waals surface area (Å²) in [6.07, 6.45) is 2.06. The minimum Gasteiger partial charge on any atom is -0.465 e. The van der Waals surface area contributed by atoms with Crippen LogP contribution in [-0.2, 0) is 9.47 Å². The summed E-state index contributed by atoms with van der Waals surface area (Å²) in [5.74, 6) is -0.417. The molecule has 2 rings (SSSR count). The van der Waals surface area contributed by atoms with Crippen molar-refractivity contribution in [3.05, 3.63) is 23.3 Å². The Morgan fingerprint density at radius 1 is 1.50 bits per heavy atom. The fraction of sp³-hybridized carbons (Fsp3) is 0.533. The van der Waals surface area contributed by atoms with E-state index in [0.717, 1.165) is 30.7 Å². The van der Waals surface area contributed by atoms with Gasteiger partial charge < -0.3 is 20.5 Å². The third-order valence-electron chi connectivity index (χ3n) is 3.68. The molecule has 1 aliphatic rings. The Balaban J connectivity index is 2.28. The van der Waals surface area contributed by atoms with E-state index in [-0.39, 0.29) is 5.54 Å². The second kappa shape index (κ2) is 5.71. The topological polar surface area (TPSA) is 73.6 Å². The summed E-state index contributed by atoms with van der Waals surface area (Å²) >= 11 is 0. The third kappa shape index (κ3) is 3.04. The molecule has 1 unspecified atom stereocenters. The second-order valence-corrected chi connectivity index (χ2v) is 5.59. The van der Waals surface area contributed by atoms with Gasteiger partial charge in [0.15, 0.2) is 0 Å². The van der Waals surface area contributed by atoms with Crippen LogP contribution in [0.3, 0.4) is 0 Å². The minimum absolute atomic E-state index is 0.117. The second-order valence-electron chi connectivity index (χ2n) is 5.59. The lowest BCUT2D eigenvalue weighted by Gasteiger charge is -2.35. The molecule has 110 valence electrons. The Bertz CT molecular complexity index is 508. The van der Waals surface area contributed by atoms with Crippen LogP contribution in [0.4, 0.5) is 11.4 Å². The van der Waals surface area contributed by atoms with Gasteiger partial charge in [0.25, 0.3) is 0 Å². The van der Waals surface area contributed by atoms with E-state index in [1.807, 2.05) is 13.0 Å². The molecule has 1 heterocycles. The van der Waals surface area contributed by atoms with Gasteiger partial charge in [0.05, 0.1) is 24.8 Å². The first-order valence-corrected chi connectivity index (χ1v) is 6.79. The number of aryl methyl sites for hydroxylation is 1. The van der Waals surface area contributed by atoms with Gasteiger partial charge in [-0.2, -0.15) is 0 Å². The number of benzene rings is 1. The molecule has 1 fully saturated rings. The largest absolute Gasteiger partial charge is 0.465 e. The molecule has 0 bridgehead atoms. The Kier molecular flexibility index (Phi) is 4.18. The SMILES string of the molecule is COC(=O)c1cc(NC2(C)CCCOC2)cc(C)c1N. The highest BCUT2D eigenvalue weighted by Crippen LogP contribution is 2.28. The first kappa shape index (κ1) is 14.7. The van der Waals surface area contributed by atoms with Crippen LogP contribution in [0.25, 0.3) is 0 Å². The van der Waals surface area contributed by atoms with Crippen LogP contribution in [0.1, 0.15) is 35.7 Å². The van der Waals surface area contributed by atoms with Crippen LogP contribution >= 0.6 is 0 Å². The van der Waals surface area contributed by atoms with Crippen molar-refractivity contribution in [1.29, 1.82) is 0 Å². The fourth-order valence-electron chi connectivity index (χ4n) is 2.53. The van der Waals surface area contributed by atoms with Gasteiger partial charge in [-0.1, -0.05) is 0 Å². The predicted octanol–water partition coefficient (Wildman–Crippen LogP) is 2.34. The lowest BCUT2D eigenvalue weighted by Crippen LogP contribution is -2.43. The number of methoxy groups -OCH3 is 1. The number of hydrogen-bond acceptors (Lipinski definition) is 5. The van der Waals surface area contributed by atoms with Gasteiger partial charge in [-0.25, -0.2) is 4.79 Å². The molecular formula is C15H22N2O3. The zero-order chi connectivity index (χ0) is 14.8. The lowest BCUT2D eigenvalue weighted by atomic mass is 9.94. The molecule has 1 aliphatic heterocycles. The van der Waals surface area contributed by atoms with E-state index >= 15 is 0 Å². The van der Waals surface area contributed by atoms with E-state index in [0.29, 0.717) is 17.9 Å². The Morgan fingerprint density at radius 3 is 2.85 bits per heavy atom. The maximum absolute atomic E-state index is 11.8. The molecule has 5 heteroatoms. The van der Waals surface area contributed by atoms with Gasteiger partial charge in [0.1, 0.15) is 0 Å². The quantitative estimate of drug-likeness (QED) is 0.656. The van der Waals surface area contributed by atoms with Crippen molar-refractivity contribution < 1.29 is 14.3 Å². The minimum atomic E-state index is -0.417. The standard InChI is InChI=1S/C15H22N2O3/c1-10-7-11(8-12(13(10)16)14(18)19-3)17-15(2)5-4-6-20-9-15/h7-8,17H,4-6,9,16H2,1-3H3. The molecule has 5 nitrogen and oxygen atoms in total. The first-order valence-electron chi connectivity index (χ1n) is 6.79. The first-order chi connectivity index (χ1) is 9.45. The molecule has 0 aliphatic carbocycles. The molecule has 0 saturated carbocycles. The number of nitrogen functional groups attached to an aromatic ring is 1. The summed E-state index contributed by atoms with van der Waals surface area (Å²) < 4.78 is 10.3. The number of nitrogens with two attached hydrogens (primary N) is 1. The number of esters is 1. The van der Waals surface area contributed by atoms with Crippen molar-refractivity contribution in [3.8, 4) is 0 Å². The Morgan fingerprint density at radius 2 is 2.25 bits per heavy atom. The number of carbonyl (C=O) groups is 1. The number of anilines is 2. The van der Waals surface area contributed by atoms with Crippen molar-refractivity contribution >= 4 is 17.3 Å². The van der Waals surface area contributed by atoms with E-state index in [9.17, 15) is 4.79 Å². The molecule has 0 spiro atoms. The van der Waals surface area contributed by atoms with Crippen LogP contribution in [-0.4, -0.2) is 31.8 Å². The summed E-state index contributed by atoms with van der Waals surface area (Å²) in [6, 6.07) is 3.69. The number of hydrogen-bond donors (Lipinski definition) is 2. The van der Waals surface area contributed by atoms with Crippen molar-refractivity contribution in [2.45, 2.75) is 32.2 Å². The normalized spacial score (nSPS) is 22.4. The van der Waals surface area contributed by atoms with Crippen molar-refractivity contribution in [1.82, 2.24) is 0 Å². The van der Waals surface area contributed by atoms with E-state index in [1.54, 1.807) is 6.07 Å². The maximum Gasteiger partial charge on any atom is 0.340 e. The maximum atomic E-state index is 11.8. The molecule has 0 amide bonds. The molecular weight excluding hydrogens is 256 g/mol. The summed E-state index contributed by atoms with van der Waals surface area (Å²) in [6.45, 7) is 5.47. The van der Waals surface area contributed by atoms with Crippen molar-refractivity contribution in [2.75, 3.05) is 31.4 Å². The zero-order valence-corrected chi connectivity index (χ0v) is 12.3. The van der Waals surface area contributed by atoms with E-state index in [4.69, 9.17) is 15.2 Å².